The van der Waals surface area contributed by atoms with Gasteiger partial charge in [0, 0.05) is 34.8 Å². The van der Waals surface area contributed by atoms with Gasteiger partial charge in [-0.2, -0.15) is 0 Å². The molecule has 2 heterocycles. The normalized spacial score (nSPS) is 10.5. The highest BCUT2D eigenvalue weighted by Crippen LogP contribution is 2.21. The number of aromatic nitrogens is 2. The molecule has 0 aliphatic carbocycles. The molecule has 9 heteroatoms. The van der Waals surface area contributed by atoms with E-state index in [1.54, 1.807) is 17.5 Å². The number of nitrogens with one attached hydrogen (secondary N) is 3. The largest absolute Gasteiger partial charge is 0.328 e. The Kier molecular flexibility index (Phi) is 6.23. The summed E-state index contributed by atoms with van der Waals surface area (Å²) in [5.74, 6) is -0.511. The Hall–Kier alpha value is -2.97. The Balaban J connectivity index is 1.53. The van der Waals surface area contributed by atoms with Crippen molar-refractivity contribution in [3.63, 3.8) is 0 Å². The topological polar surface area (TPSA) is 104 Å². The van der Waals surface area contributed by atoms with E-state index in [-0.39, 0.29) is 23.8 Å². The molecule has 0 spiro atoms. The summed E-state index contributed by atoms with van der Waals surface area (Å²) in [6.45, 7) is 1.89. The van der Waals surface area contributed by atoms with Crippen molar-refractivity contribution < 1.29 is 9.59 Å². The van der Waals surface area contributed by atoms with Crippen molar-refractivity contribution in [2.45, 2.75) is 19.8 Å². The van der Waals surface area contributed by atoms with Gasteiger partial charge in [-0.15, -0.1) is 11.3 Å². The maximum atomic E-state index is 12.2. The van der Waals surface area contributed by atoms with Gasteiger partial charge in [-0.05, 0) is 37.1 Å². The van der Waals surface area contributed by atoms with E-state index in [9.17, 15) is 14.4 Å². The number of H-pyrrole nitrogens is 1. The molecular weight excluding hydrogens is 400 g/mol. The number of aromatic amines is 1. The van der Waals surface area contributed by atoms with Crippen molar-refractivity contribution in [3.8, 4) is 0 Å². The fourth-order valence-corrected chi connectivity index (χ4v) is 3.30. The third kappa shape index (κ3) is 5.28. The lowest BCUT2D eigenvalue weighted by molar-refractivity contribution is -0.116. The van der Waals surface area contributed by atoms with Crippen LogP contribution in [0, 0.1) is 6.92 Å². The average Bonchev–Trinajstić information content (AvgIpc) is 3.11. The second-order valence-corrected chi connectivity index (χ2v) is 7.34. The first kappa shape index (κ1) is 19.8. The summed E-state index contributed by atoms with van der Waals surface area (Å²) in [5, 5.41) is 8.29. The van der Waals surface area contributed by atoms with E-state index in [4.69, 9.17) is 11.6 Å². The molecule has 144 valence electrons. The lowest BCUT2D eigenvalue weighted by Gasteiger charge is -2.08. The molecule has 0 fully saturated rings. The van der Waals surface area contributed by atoms with E-state index in [0.29, 0.717) is 33.5 Å². The van der Waals surface area contributed by atoms with Crippen LogP contribution in [0.15, 0.2) is 46.7 Å². The van der Waals surface area contributed by atoms with Crippen LogP contribution in [0.2, 0.25) is 5.02 Å². The minimum absolute atomic E-state index is 0.141. The summed E-state index contributed by atoms with van der Waals surface area (Å²) < 4.78 is 0. The van der Waals surface area contributed by atoms with Gasteiger partial charge in [0.1, 0.15) is 0 Å². The van der Waals surface area contributed by atoms with E-state index in [1.807, 2.05) is 13.0 Å². The van der Waals surface area contributed by atoms with Crippen LogP contribution in [0.5, 0.6) is 0 Å². The third-order valence-electron chi connectivity index (χ3n) is 3.90. The lowest BCUT2D eigenvalue weighted by Crippen LogP contribution is -2.15. The Morgan fingerprint density at radius 2 is 2.04 bits per heavy atom. The summed E-state index contributed by atoms with van der Waals surface area (Å²) in [7, 11) is 0. The first-order valence-electron chi connectivity index (χ1n) is 8.41. The van der Waals surface area contributed by atoms with Crippen LogP contribution < -0.4 is 16.2 Å². The van der Waals surface area contributed by atoms with Crippen molar-refractivity contribution in [1.82, 2.24) is 9.97 Å². The second-order valence-electron chi connectivity index (χ2n) is 6.05. The van der Waals surface area contributed by atoms with Crippen LogP contribution in [0.4, 0.5) is 10.8 Å². The summed E-state index contributed by atoms with van der Waals surface area (Å²) >= 11 is 7.23. The summed E-state index contributed by atoms with van der Waals surface area (Å²) in [6, 6.07) is 8.04. The molecule has 0 bridgehead atoms. The second kappa shape index (κ2) is 8.81. The summed E-state index contributed by atoms with van der Waals surface area (Å²) in [6.07, 6.45) is 2.04. The summed E-state index contributed by atoms with van der Waals surface area (Å²) in [5.41, 5.74) is 2.37. The van der Waals surface area contributed by atoms with E-state index in [1.165, 1.54) is 29.7 Å². The number of halogens is 1. The van der Waals surface area contributed by atoms with Gasteiger partial charge in [0.2, 0.25) is 11.5 Å². The van der Waals surface area contributed by atoms with E-state index in [0.717, 1.165) is 5.56 Å². The number of carbonyl (C=O) groups is 2. The van der Waals surface area contributed by atoms with Crippen molar-refractivity contribution in [2.24, 2.45) is 0 Å². The van der Waals surface area contributed by atoms with Gasteiger partial charge < -0.3 is 10.3 Å². The monoisotopic (exact) mass is 416 g/mol. The minimum Gasteiger partial charge on any atom is -0.328 e. The van der Waals surface area contributed by atoms with E-state index in [2.05, 4.69) is 20.6 Å². The first-order chi connectivity index (χ1) is 13.4. The van der Waals surface area contributed by atoms with Crippen LogP contribution in [-0.2, 0) is 11.2 Å². The molecule has 7 nitrogen and oxygen atoms in total. The van der Waals surface area contributed by atoms with Crippen LogP contribution >= 0.6 is 22.9 Å². The smallest absolute Gasteiger partial charge is 0.258 e. The van der Waals surface area contributed by atoms with Gasteiger partial charge >= 0.3 is 0 Å². The maximum Gasteiger partial charge on any atom is 0.258 e. The van der Waals surface area contributed by atoms with Crippen molar-refractivity contribution in [1.29, 1.82) is 0 Å². The predicted molar refractivity (Wildman–Crippen MR) is 110 cm³/mol. The molecule has 0 saturated carbocycles. The molecule has 0 atom stereocenters. The number of pyridine rings is 1. The standard InChI is InChI=1S/C19H17ClN4O3S/c1-11-2-4-13(20)8-15(11)23-17(26)7-5-14-10-28-19(22-14)24-18(27)12-3-6-16(25)21-9-12/h2-4,6,8-10H,5,7H2,1H3,(H,21,25)(H,23,26)(H,22,24,27). The van der Waals surface area contributed by atoms with Crippen LogP contribution in [-0.4, -0.2) is 21.8 Å². The number of amides is 2. The molecule has 2 aromatic heterocycles. The number of rotatable bonds is 6. The third-order valence-corrected chi connectivity index (χ3v) is 4.94. The Bertz CT molecular complexity index is 1060. The molecule has 3 rings (SSSR count). The predicted octanol–water partition coefficient (Wildman–Crippen LogP) is 3.62. The van der Waals surface area contributed by atoms with E-state index < -0.39 is 0 Å². The van der Waals surface area contributed by atoms with Crippen molar-refractivity contribution in [3.05, 3.63) is 74.1 Å². The number of aryl methyl sites for hydroxylation is 2. The Morgan fingerprint density at radius 1 is 1.21 bits per heavy atom. The highest BCUT2D eigenvalue weighted by atomic mass is 35.5. The molecule has 2 amide bonds. The number of hydrogen-bond acceptors (Lipinski definition) is 5. The maximum absolute atomic E-state index is 12.2. The lowest BCUT2D eigenvalue weighted by atomic mass is 10.2. The highest BCUT2D eigenvalue weighted by molar-refractivity contribution is 7.14. The van der Waals surface area contributed by atoms with Gasteiger partial charge in [0.05, 0.1) is 11.3 Å². The molecule has 0 saturated heterocycles. The van der Waals surface area contributed by atoms with Gasteiger partial charge in [-0.25, -0.2) is 4.98 Å². The Labute approximate surface area is 169 Å². The van der Waals surface area contributed by atoms with E-state index >= 15 is 0 Å². The highest BCUT2D eigenvalue weighted by Gasteiger charge is 2.11. The SMILES string of the molecule is Cc1ccc(Cl)cc1NC(=O)CCc1csc(NC(=O)c2ccc(=O)[nH]c2)n1. The molecule has 0 radical (unpaired) electrons. The Morgan fingerprint density at radius 3 is 2.79 bits per heavy atom. The molecule has 1 aromatic carbocycles. The van der Waals surface area contributed by atoms with Crippen molar-refractivity contribution in [2.75, 3.05) is 10.6 Å². The van der Waals surface area contributed by atoms with Gasteiger partial charge in [-0.3, -0.25) is 19.7 Å². The fourth-order valence-electron chi connectivity index (χ4n) is 2.38. The van der Waals surface area contributed by atoms with Crippen molar-refractivity contribution >= 4 is 45.6 Å². The zero-order valence-electron chi connectivity index (χ0n) is 14.9. The average molecular weight is 417 g/mol. The quantitative estimate of drug-likeness (QED) is 0.570. The number of anilines is 2. The first-order valence-corrected chi connectivity index (χ1v) is 9.67. The van der Waals surface area contributed by atoms with Gasteiger partial charge in [0.25, 0.3) is 5.91 Å². The van der Waals surface area contributed by atoms with Crippen LogP contribution in [0.3, 0.4) is 0 Å². The zero-order chi connectivity index (χ0) is 20.1. The van der Waals surface area contributed by atoms with Gasteiger partial charge in [0.15, 0.2) is 5.13 Å². The van der Waals surface area contributed by atoms with Crippen LogP contribution in [0.25, 0.3) is 0 Å². The van der Waals surface area contributed by atoms with Gasteiger partial charge in [-0.1, -0.05) is 17.7 Å². The number of nitrogens with zero attached hydrogens (tertiary/aromatic N) is 1. The number of thiazole rings is 1. The fraction of sp³-hybridized carbons (Fsp3) is 0.158. The number of hydrogen-bond donors (Lipinski definition) is 3. The van der Waals surface area contributed by atoms with Crippen LogP contribution in [0.1, 0.15) is 28.0 Å². The molecule has 0 aliphatic heterocycles. The number of benzene rings is 1. The number of carbonyl (C=O) groups excluding carboxylic acids is 2. The zero-order valence-corrected chi connectivity index (χ0v) is 16.5. The molecule has 28 heavy (non-hydrogen) atoms. The molecule has 3 N–H and O–H groups in total. The molecule has 0 unspecified atom stereocenters. The molecule has 0 aliphatic rings. The molecular formula is C19H17ClN4O3S. The molecule has 3 aromatic rings. The minimum atomic E-state index is -0.369. The summed E-state index contributed by atoms with van der Waals surface area (Å²) in [4.78, 5) is 42.1.